The Hall–Kier alpha value is -0.670. The zero-order valence-corrected chi connectivity index (χ0v) is 12.2. The summed E-state index contributed by atoms with van der Waals surface area (Å²) in [5.41, 5.74) is 1.37. The molecule has 0 amide bonds. The highest BCUT2D eigenvalue weighted by atomic mass is 32.2. The molecule has 1 aliphatic rings. The van der Waals surface area contributed by atoms with Crippen LogP contribution < -0.4 is 4.90 Å². The Morgan fingerprint density at radius 1 is 1.06 bits per heavy atom. The zero-order valence-electron chi connectivity index (χ0n) is 11.3. The quantitative estimate of drug-likeness (QED) is 0.728. The van der Waals surface area contributed by atoms with Gasteiger partial charge in [-0.25, -0.2) is 0 Å². The van der Waals surface area contributed by atoms with E-state index in [1.807, 2.05) is 0 Å². The highest BCUT2D eigenvalue weighted by Crippen LogP contribution is 2.16. The molecule has 2 rings (SSSR count). The van der Waals surface area contributed by atoms with E-state index in [1.165, 1.54) is 56.3 Å². The van der Waals surface area contributed by atoms with E-state index < -0.39 is 0 Å². The Balaban J connectivity index is 1.68. The number of benzene rings is 1. The van der Waals surface area contributed by atoms with Crippen LogP contribution in [0.1, 0.15) is 19.8 Å². The van der Waals surface area contributed by atoms with Crippen LogP contribution in [0.15, 0.2) is 30.3 Å². The highest BCUT2D eigenvalue weighted by Gasteiger charge is 2.16. The predicted molar refractivity (Wildman–Crippen MR) is 82.5 cm³/mol. The molecule has 0 unspecified atom stereocenters. The lowest BCUT2D eigenvalue weighted by molar-refractivity contribution is 0.301. The zero-order chi connectivity index (χ0) is 12.6. The number of hydrogen-bond acceptors (Lipinski definition) is 3. The molecule has 0 aliphatic carbocycles. The largest absolute Gasteiger partial charge is 0.369 e. The van der Waals surface area contributed by atoms with Gasteiger partial charge in [0.1, 0.15) is 0 Å². The third-order valence-corrected chi connectivity index (χ3v) is 4.53. The second-order valence-corrected chi connectivity index (χ2v) is 5.91. The van der Waals surface area contributed by atoms with Crippen LogP contribution in [-0.2, 0) is 0 Å². The molecule has 1 aromatic carbocycles. The molecule has 0 atom stereocenters. The Morgan fingerprint density at radius 2 is 1.78 bits per heavy atom. The number of thioether (sulfide) groups is 1. The summed E-state index contributed by atoms with van der Waals surface area (Å²) in [6.07, 6.45) is 2.67. The van der Waals surface area contributed by atoms with E-state index in [1.54, 1.807) is 0 Å². The number of hydrogen-bond donors (Lipinski definition) is 0. The maximum atomic E-state index is 2.58. The summed E-state index contributed by atoms with van der Waals surface area (Å²) in [7, 11) is 0. The minimum atomic E-state index is 1.17. The van der Waals surface area contributed by atoms with E-state index in [9.17, 15) is 0 Å². The van der Waals surface area contributed by atoms with Gasteiger partial charge in [0.2, 0.25) is 0 Å². The summed E-state index contributed by atoms with van der Waals surface area (Å²) in [5, 5.41) is 0. The van der Waals surface area contributed by atoms with Gasteiger partial charge in [-0.15, -0.1) is 11.8 Å². The standard InChI is InChI=1S/C15H24N2S/c1-2-3-13-18-14-16-9-11-17(12-10-16)15-7-5-4-6-8-15/h4-8H,2-3,9-14H2,1H3. The Morgan fingerprint density at radius 3 is 2.44 bits per heavy atom. The van der Waals surface area contributed by atoms with Crippen molar-refractivity contribution in [1.29, 1.82) is 0 Å². The van der Waals surface area contributed by atoms with Gasteiger partial charge in [-0.2, -0.15) is 0 Å². The molecule has 100 valence electrons. The number of nitrogens with zero attached hydrogens (tertiary/aromatic N) is 2. The smallest absolute Gasteiger partial charge is 0.0445 e. The van der Waals surface area contributed by atoms with Crippen molar-refractivity contribution in [3.63, 3.8) is 0 Å². The van der Waals surface area contributed by atoms with Gasteiger partial charge in [-0.1, -0.05) is 31.5 Å². The first-order valence-electron chi connectivity index (χ1n) is 7.00. The molecule has 1 heterocycles. The van der Waals surface area contributed by atoms with Crippen molar-refractivity contribution in [2.24, 2.45) is 0 Å². The van der Waals surface area contributed by atoms with Crippen LogP contribution in [-0.4, -0.2) is 42.7 Å². The fraction of sp³-hybridized carbons (Fsp3) is 0.600. The second-order valence-electron chi connectivity index (χ2n) is 4.83. The predicted octanol–water partition coefficient (Wildman–Crippen LogP) is 3.30. The lowest BCUT2D eigenvalue weighted by Gasteiger charge is -2.35. The number of piperazine rings is 1. The first-order valence-corrected chi connectivity index (χ1v) is 8.15. The Kier molecular flexibility index (Phi) is 5.88. The number of unbranched alkanes of at least 4 members (excludes halogenated alkanes) is 1. The van der Waals surface area contributed by atoms with E-state index in [0.717, 1.165) is 0 Å². The van der Waals surface area contributed by atoms with Crippen LogP contribution in [0.25, 0.3) is 0 Å². The van der Waals surface area contributed by atoms with Crippen LogP contribution in [0.3, 0.4) is 0 Å². The summed E-state index contributed by atoms with van der Waals surface area (Å²) in [6.45, 7) is 7.00. The van der Waals surface area contributed by atoms with Crippen LogP contribution in [0.2, 0.25) is 0 Å². The van der Waals surface area contributed by atoms with Crippen molar-refractivity contribution >= 4 is 17.4 Å². The van der Waals surface area contributed by atoms with Crippen LogP contribution >= 0.6 is 11.8 Å². The summed E-state index contributed by atoms with van der Waals surface area (Å²) in [6, 6.07) is 10.8. The molecular formula is C15H24N2S. The van der Waals surface area contributed by atoms with Gasteiger partial charge in [-0.05, 0) is 24.3 Å². The van der Waals surface area contributed by atoms with Gasteiger partial charge in [0.25, 0.3) is 0 Å². The minimum Gasteiger partial charge on any atom is -0.369 e. The number of rotatable bonds is 6. The van der Waals surface area contributed by atoms with Crippen molar-refractivity contribution < 1.29 is 0 Å². The topological polar surface area (TPSA) is 6.48 Å². The maximum Gasteiger partial charge on any atom is 0.0445 e. The molecule has 0 bridgehead atoms. The van der Waals surface area contributed by atoms with Gasteiger partial charge < -0.3 is 4.90 Å². The lowest BCUT2D eigenvalue weighted by atomic mass is 10.2. The molecule has 1 fully saturated rings. The number of para-hydroxylation sites is 1. The van der Waals surface area contributed by atoms with E-state index in [0.29, 0.717) is 0 Å². The third kappa shape index (κ3) is 4.21. The molecule has 0 N–H and O–H groups in total. The van der Waals surface area contributed by atoms with Crippen molar-refractivity contribution in [3.05, 3.63) is 30.3 Å². The number of anilines is 1. The normalized spacial score (nSPS) is 17.1. The van der Waals surface area contributed by atoms with Crippen LogP contribution in [0, 0.1) is 0 Å². The molecule has 0 saturated carbocycles. The fourth-order valence-corrected chi connectivity index (χ4v) is 3.35. The van der Waals surface area contributed by atoms with E-state index in [4.69, 9.17) is 0 Å². The molecule has 1 saturated heterocycles. The molecular weight excluding hydrogens is 240 g/mol. The summed E-state index contributed by atoms with van der Waals surface area (Å²) in [5.74, 6) is 2.53. The fourth-order valence-electron chi connectivity index (χ4n) is 2.21. The van der Waals surface area contributed by atoms with Gasteiger partial charge in [0.15, 0.2) is 0 Å². The van der Waals surface area contributed by atoms with Crippen molar-refractivity contribution in [2.45, 2.75) is 19.8 Å². The monoisotopic (exact) mass is 264 g/mol. The van der Waals surface area contributed by atoms with Crippen molar-refractivity contribution in [1.82, 2.24) is 4.90 Å². The summed E-state index contributed by atoms with van der Waals surface area (Å²) in [4.78, 5) is 5.08. The van der Waals surface area contributed by atoms with Gasteiger partial charge >= 0.3 is 0 Å². The van der Waals surface area contributed by atoms with Crippen LogP contribution in [0.5, 0.6) is 0 Å². The molecule has 18 heavy (non-hydrogen) atoms. The molecule has 2 nitrogen and oxygen atoms in total. The highest BCUT2D eigenvalue weighted by molar-refractivity contribution is 7.99. The van der Waals surface area contributed by atoms with Gasteiger partial charge in [0, 0.05) is 37.7 Å². The Labute approximate surface area is 115 Å². The maximum absolute atomic E-state index is 2.58. The second kappa shape index (κ2) is 7.70. The molecule has 0 aromatic heterocycles. The molecule has 1 aliphatic heterocycles. The first-order chi connectivity index (χ1) is 8.90. The Bertz CT molecular complexity index is 321. The average molecular weight is 264 g/mol. The van der Waals surface area contributed by atoms with E-state index in [-0.39, 0.29) is 0 Å². The van der Waals surface area contributed by atoms with E-state index in [2.05, 4.69) is 58.8 Å². The van der Waals surface area contributed by atoms with E-state index >= 15 is 0 Å². The van der Waals surface area contributed by atoms with Crippen molar-refractivity contribution in [3.8, 4) is 0 Å². The molecule has 0 radical (unpaired) electrons. The molecule has 1 aromatic rings. The summed E-state index contributed by atoms with van der Waals surface area (Å²) >= 11 is 2.09. The van der Waals surface area contributed by atoms with Gasteiger partial charge in [0.05, 0.1) is 0 Å². The summed E-state index contributed by atoms with van der Waals surface area (Å²) < 4.78 is 0. The van der Waals surface area contributed by atoms with Crippen LogP contribution in [0.4, 0.5) is 5.69 Å². The molecule has 0 spiro atoms. The lowest BCUT2D eigenvalue weighted by Crippen LogP contribution is -2.46. The molecule has 3 heteroatoms. The van der Waals surface area contributed by atoms with Gasteiger partial charge in [-0.3, -0.25) is 4.90 Å². The SMILES string of the molecule is CCCCSCN1CCN(c2ccccc2)CC1. The third-order valence-electron chi connectivity index (χ3n) is 3.41. The first kappa shape index (κ1) is 13.8. The average Bonchev–Trinajstić information content (AvgIpc) is 2.45. The van der Waals surface area contributed by atoms with Crippen molar-refractivity contribution in [2.75, 3.05) is 42.7 Å². The minimum absolute atomic E-state index is 1.17.